The zero-order chi connectivity index (χ0) is 18.4. The molecule has 0 fully saturated rings. The maximum Gasteiger partial charge on any atom is 0.251 e. The van der Waals surface area contributed by atoms with Crippen LogP contribution in [0.1, 0.15) is 10.4 Å². The van der Waals surface area contributed by atoms with Gasteiger partial charge in [-0.2, -0.15) is 4.98 Å². The van der Waals surface area contributed by atoms with Gasteiger partial charge >= 0.3 is 0 Å². The van der Waals surface area contributed by atoms with Gasteiger partial charge in [0.05, 0.1) is 19.2 Å². The molecule has 3 N–H and O–H groups in total. The molecule has 3 rings (SSSR count). The van der Waals surface area contributed by atoms with Crippen molar-refractivity contribution in [3.05, 3.63) is 60.2 Å². The van der Waals surface area contributed by atoms with E-state index in [4.69, 9.17) is 4.74 Å². The van der Waals surface area contributed by atoms with E-state index >= 15 is 0 Å². The molecule has 8 heteroatoms. The Morgan fingerprint density at radius 1 is 1.08 bits per heavy atom. The zero-order valence-electron chi connectivity index (χ0n) is 14.0. The van der Waals surface area contributed by atoms with Crippen molar-refractivity contribution in [2.24, 2.45) is 0 Å². The van der Waals surface area contributed by atoms with Crippen molar-refractivity contribution in [1.29, 1.82) is 0 Å². The molecule has 0 aliphatic rings. The van der Waals surface area contributed by atoms with Crippen molar-refractivity contribution >= 4 is 17.8 Å². The number of aromatic nitrogens is 3. The fraction of sp³-hybridized carbons (Fsp3) is 0.111. The number of carbonyl (C=O) groups is 2. The van der Waals surface area contributed by atoms with Gasteiger partial charge in [0, 0.05) is 5.56 Å². The number of anilines is 1. The molecule has 0 atom stereocenters. The first-order valence-electron chi connectivity index (χ1n) is 7.86. The Morgan fingerprint density at radius 2 is 1.81 bits per heavy atom. The average Bonchev–Trinajstić information content (AvgIpc) is 3.15. The highest BCUT2D eigenvalue weighted by molar-refractivity contribution is 5.98. The molecule has 3 aromatic rings. The van der Waals surface area contributed by atoms with Crippen LogP contribution < -0.4 is 15.4 Å². The molecule has 0 saturated carbocycles. The number of aromatic amines is 1. The molecule has 0 spiro atoms. The highest BCUT2D eigenvalue weighted by Gasteiger charge is 2.13. The number of para-hydroxylation sites is 1. The van der Waals surface area contributed by atoms with Gasteiger partial charge < -0.3 is 10.1 Å². The van der Waals surface area contributed by atoms with Crippen molar-refractivity contribution in [2.45, 2.75) is 0 Å². The van der Waals surface area contributed by atoms with Gasteiger partial charge in [-0.1, -0.05) is 30.3 Å². The smallest absolute Gasteiger partial charge is 0.251 e. The lowest BCUT2D eigenvalue weighted by atomic mass is 10.2. The molecular weight excluding hydrogens is 334 g/mol. The summed E-state index contributed by atoms with van der Waals surface area (Å²) in [5, 5.41) is 11.8. The topological polar surface area (TPSA) is 109 Å². The molecule has 2 aromatic carbocycles. The molecule has 0 aliphatic heterocycles. The summed E-state index contributed by atoms with van der Waals surface area (Å²) in [7, 11) is 1.56. The second-order valence-electron chi connectivity index (χ2n) is 5.30. The Balaban J connectivity index is 1.59. The highest BCUT2D eigenvalue weighted by Crippen LogP contribution is 2.26. The van der Waals surface area contributed by atoms with E-state index < -0.39 is 5.91 Å². The molecule has 0 unspecified atom stereocenters. The summed E-state index contributed by atoms with van der Waals surface area (Å²) in [6.45, 7) is -0.188. The summed E-state index contributed by atoms with van der Waals surface area (Å²) in [5.74, 6) is 0.456. The minimum Gasteiger partial charge on any atom is -0.496 e. The van der Waals surface area contributed by atoms with E-state index in [1.165, 1.54) is 0 Å². The van der Waals surface area contributed by atoms with Crippen molar-refractivity contribution in [3.63, 3.8) is 0 Å². The van der Waals surface area contributed by atoms with E-state index in [-0.39, 0.29) is 18.4 Å². The monoisotopic (exact) mass is 351 g/mol. The summed E-state index contributed by atoms with van der Waals surface area (Å²) in [4.78, 5) is 28.1. The lowest BCUT2D eigenvalue weighted by Gasteiger charge is -2.05. The van der Waals surface area contributed by atoms with E-state index in [0.717, 1.165) is 5.56 Å². The summed E-state index contributed by atoms with van der Waals surface area (Å²) in [6.07, 6.45) is 0. The van der Waals surface area contributed by atoms with E-state index in [0.29, 0.717) is 17.1 Å². The third kappa shape index (κ3) is 4.04. The van der Waals surface area contributed by atoms with Gasteiger partial charge in [0.2, 0.25) is 11.9 Å². The fourth-order valence-corrected chi connectivity index (χ4v) is 2.30. The number of amides is 2. The molecule has 0 aliphatic carbocycles. The first-order chi connectivity index (χ1) is 12.7. The Hall–Kier alpha value is -3.68. The number of hydrogen-bond donors (Lipinski definition) is 3. The maximum absolute atomic E-state index is 12.0. The van der Waals surface area contributed by atoms with Gasteiger partial charge in [-0.05, 0) is 24.3 Å². The third-order valence-corrected chi connectivity index (χ3v) is 3.54. The molecule has 8 nitrogen and oxygen atoms in total. The van der Waals surface area contributed by atoms with Crippen molar-refractivity contribution in [1.82, 2.24) is 20.5 Å². The molecule has 1 aromatic heterocycles. The predicted molar refractivity (Wildman–Crippen MR) is 95.8 cm³/mol. The molecule has 2 amide bonds. The number of nitrogens with zero attached hydrogens (tertiary/aromatic N) is 2. The third-order valence-electron chi connectivity index (χ3n) is 3.54. The van der Waals surface area contributed by atoms with Crippen LogP contribution in [0, 0.1) is 0 Å². The van der Waals surface area contributed by atoms with Gasteiger partial charge in [0.25, 0.3) is 5.91 Å². The van der Waals surface area contributed by atoms with E-state index in [9.17, 15) is 9.59 Å². The standard InChI is InChI=1S/C18H17N5O3/c1-26-14-10-6-5-9-13(14)16-21-18(23-22-16)20-15(24)11-19-17(25)12-7-3-2-4-8-12/h2-10H,11H2,1H3,(H,19,25)(H2,20,21,22,23,24). The summed E-state index contributed by atoms with van der Waals surface area (Å²) in [5.41, 5.74) is 1.21. The number of nitrogens with one attached hydrogen (secondary N) is 3. The van der Waals surface area contributed by atoms with Crippen LogP contribution >= 0.6 is 0 Å². The quantitative estimate of drug-likeness (QED) is 0.628. The van der Waals surface area contributed by atoms with Crippen molar-refractivity contribution < 1.29 is 14.3 Å². The van der Waals surface area contributed by atoms with Gasteiger partial charge in [-0.25, -0.2) is 0 Å². The SMILES string of the molecule is COc1ccccc1-c1nc(NC(=O)CNC(=O)c2ccccc2)n[nH]1. The summed E-state index contributed by atoms with van der Waals surface area (Å²) >= 11 is 0. The van der Waals surface area contributed by atoms with E-state index in [1.54, 1.807) is 37.4 Å². The largest absolute Gasteiger partial charge is 0.496 e. The molecule has 0 saturated heterocycles. The lowest BCUT2D eigenvalue weighted by Crippen LogP contribution is -2.33. The molecule has 0 bridgehead atoms. The Labute approximate surface area is 149 Å². The van der Waals surface area contributed by atoms with Crippen molar-refractivity contribution in [2.75, 3.05) is 19.0 Å². The van der Waals surface area contributed by atoms with Gasteiger partial charge in [0.1, 0.15) is 5.75 Å². The Bertz CT molecular complexity index is 908. The van der Waals surface area contributed by atoms with Gasteiger partial charge in [-0.3, -0.25) is 20.0 Å². The van der Waals surface area contributed by atoms with Crippen LogP contribution in [0.4, 0.5) is 5.95 Å². The number of benzene rings is 2. The second-order valence-corrected chi connectivity index (χ2v) is 5.30. The summed E-state index contributed by atoms with van der Waals surface area (Å²) < 4.78 is 5.27. The molecular formula is C18H17N5O3. The molecule has 26 heavy (non-hydrogen) atoms. The number of H-pyrrole nitrogens is 1. The van der Waals surface area contributed by atoms with Crippen LogP contribution in [0.2, 0.25) is 0 Å². The number of rotatable bonds is 6. The predicted octanol–water partition coefficient (Wildman–Crippen LogP) is 1.85. The average molecular weight is 351 g/mol. The van der Waals surface area contributed by atoms with E-state index in [1.807, 2.05) is 24.3 Å². The van der Waals surface area contributed by atoms with Crippen LogP contribution in [0.5, 0.6) is 5.75 Å². The van der Waals surface area contributed by atoms with E-state index in [2.05, 4.69) is 25.8 Å². The number of carbonyl (C=O) groups excluding carboxylic acids is 2. The first kappa shape index (κ1) is 17.2. The van der Waals surface area contributed by atoms with Gasteiger partial charge in [-0.15, -0.1) is 5.10 Å². The molecule has 1 heterocycles. The van der Waals surface area contributed by atoms with Crippen LogP contribution in [-0.2, 0) is 4.79 Å². The van der Waals surface area contributed by atoms with Crippen LogP contribution in [0.25, 0.3) is 11.4 Å². The van der Waals surface area contributed by atoms with Crippen molar-refractivity contribution in [3.8, 4) is 17.1 Å². The lowest BCUT2D eigenvalue weighted by molar-refractivity contribution is -0.115. The van der Waals surface area contributed by atoms with Crippen LogP contribution in [0.15, 0.2) is 54.6 Å². The molecule has 0 radical (unpaired) electrons. The number of methoxy groups -OCH3 is 1. The van der Waals surface area contributed by atoms with Crippen LogP contribution in [-0.4, -0.2) is 40.7 Å². The Kier molecular flexibility index (Phi) is 5.23. The number of hydrogen-bond acceptors (Lipinski definition) is 5. The van der Waals surface area contributed by atoms with Gasteiger partial charge in [0.15, 0.2) is 5.82 Å². The maximum atomic E-state index is 12.0. The minimum atomic E-state index is -0.431. The summed E-state index contributed by atoms with van der Waals surface area (Å²) in [6, 6.07) is 16.0. The number of ether oxygens (including phenoxy) is 1. The first-order valence-corrected chi connectivity index (χ1v) is 7.86. The highest BCUT2D eigenvalue weighted by atomic mass is 16.5. The minimum absolute atomic E-state index is 0.116. The second kappa shape index (κ2) is 7.93. The molecule has 132 valence electrons. The fourth-order valence-electron chi connectivity index (χ4n) is 2.30. The Morgan fingerprint density at radius 3 is 2.58 bits per heavy atom. The zero-order valence-corrected chi connectivity index (χ0v) is 14.0. The normalized spacial score (nSPS) is 10.2. The van der Waals surface area contributed by atoms with Crippen LogP contribution in [0.3, 0.4) is 0 Å².